The van der Waals surface area contributed by atoms with Gasteiger partial charge in [0.2, 0.25) is 15.9 Å². The summed E-state index contributed by atoms with van der Waals surface area (Å²) >= 11 is 5.87. The minimum Gasteiger partial charge on any atom is -0.349 e. The van der Waals surface area contributed by atoms with Crippen molar-refractivity contribution >= 4 is 44.8 Å². The van der Waals surface area contributed by atoms with Gasteiger partial charge in [-0.2, -0.15) is 0 Å². The number of hydrogen-bond donors (Lipinski definition) is 2. The fourth-order valence-electron chi connectivity index (χ4n) is 2.68. The number of carbonyl (C=O) groups excluding carboxylic acids is 2. The summed E-state index contributed by atoms with van der Waals surface area (Å²) in [6.45, 7) is 5.28. The molecule has 0 fully saturated rings. The van der Waals surface area contributed by atoms with E-state index in [0.717, 1.165) is 10.6 Å². The number of amides is 2. The molecule has 0 spiro atoms. The van der Waals surface area contributed by atoms with Crippen LogP contribution in [-0.2, 0) is 14.8 Å². The first kappa shape index (κ1) is 22.4. The predicted molar refractivity (Wildman–Crippen MR) is 116 cm³/mol. The summed E-state index contributed by atoms with van der Waals surface area (Å²) in [5.41, 5.74) is 0.833. The monoisotopic (exact) mass is 435 g/mol. The molecule has 0 unspecified atom stereocenters. The number of halogens is 1. The highest BCUT2D eigenvalue weighted by Crippen LogP contribution is 2.24. The first-order valence-corrected chi connectivity index (χ1v) is 10.9. The lowest BCUT2D eigenvalue weighted by molar-refractivity contribution is -0.116. The Kier molecular flexibility index (Phi) is 7.41. The molecule has 0 saturated heterocycles. The van der Waals surface area contributed by atoms with Crippen LogP contribution in [0.25, 0.3) is 0 Å². The number of nitrogens with zero attached hydrogens (tertiary/aromatic N) is 1. The number of anilines is 2. The second-order valence-corrected chi connectivity index (χ2v) is 8.54. The maximum atomic E-state index is 12.8. The van der Waals surface area contributed by atoms with Crippen LogP contribution in [0.3, 0.4) is 0 Å². The standard InChI is InChI=1S/C20H22ClN3O4S/c1-4-13-22-20(26)17-7-5-6-8-18(17)23-19(25)14(2)24(29(3,27)28)16-11-9-15(21)10-12-16/h4-12,14H,1,13H2,2-3H3,(H,22,26)(H,23,25)/t14-/m0/s1. The molecule has 2 rings (SSSR count). The number of rotatable bonds is 8. The number of benzene rings is 2. The van der Waals surface area contributed by atoms with Gasteiger partial charge < -0.3 is 10.6 Å². The van der Waals surface area contributed by atoms with E-state index in [2.05, 4.69) is 17.2 Å². The quantitative estimate of drug-likeness (QED) is 0.623. The summed E-state index contributed by atoms with van der Waals surface area (Å²) < 4.78 is 25.7. The van der Waals surface area contributed by atoms with Crippen molar-refractivity contribution in [2.75, 3.05) is 22.4 Å². The van der Waals surface area contributed by atoms with Crippen molar-refractivity contribution in [3.8, 4) is 0 Å². The molecular weight excluding hydrogens is 414 g/mol. The summed E-state index contributed by atoms with van der Waals surface area (Å²) in [7, 11) is -3.77. The van der Waals surface area contributed by atoms with Crippen LogP contribution in [0.2, 0.25) is 5.02 Å². The zero-order valence-corrected chi connectivity index (χ0v) is 17.6. The third-order valence-electron chi connectivity index (χ3n) is 4.01. The van der Waals surface area contributed by atoms with Crippen molar-refractivity contribution in [2.24, 2.45) is 0 Å². The molecule has 2 amide bonds. The molecule has 0 aliphatic carbocycles. The minimum absolute atomic E-state index is 0.257. The minimum atomic E-state index is -3.77. The maximum absolute atomic E-state index is 12.8. The van der Waals surface area contributed by atoms with E-state index in [9.17, 15) is 18.0 Å². The Hall–Kier alpha value is -2.84. The lowest BCUT2D eigenvalue weighted by Gasteiger charge is -2.28. The first-order valence-electron chi connectivity index (χ1n) is 8.69. The number of carbonyl (C=O) groups is 2. The molecule has 2 aromatic carbocycles. The molecular formula is C20H22ClN3O4S. The fourth-order valence-corrected chi connectivity index (χ4v) is 3.99. The molecule has 2 N–H and O–H groups in total. The fraction of sp³-hybridized carbons (Fsp3) is 0.200. The van der Waals surface area contributed by atoms with Gasteiger partial charge in [-0.25, -0.2) is 8.42 Å². The summed E-state index contributed by atoms with van der Waals surface area (Å²) in [5.74, 6) is -0.972. The van der Waals surface area contributed by atoms with Gasteiger partial charge in [-0.15, -0.1) is 6.58 Å². The van der Waals surface area contributed by atoms with Gasteiger partial charge in [0.15, 0.2) is 0 Å². The van der Waals surface area contributed by atoms with Crippen molar-refractivity contribution in [3.63, 3.8) is 0 Å². The molecule has 0 saturated carbocycles. The second kappa shape index (κ2) is 9.58. The smallest absolute Gasteiger partial charge is 0.253 e. The van der Waals surface area contributed by atoms with Gasteiger partial charge in [-0.1, -0.05) is 29.8 Å². The molecule has 0 heterocycles. The average molecular weight is 436 g/mol. The van der Waals surface area contributed by atoms with Crippen molar-refractivity contribution < 1.29 is 18.0 Å². The van der Waals surface area contributed by atoms with Crippen molar-refractivity contribution in [1.29, 1.82) is 0 Å². The van der Waals surface area contributed by atoms with Gasteiger partial charge >= 0.3 is 0 Å². The number of sulfonamides is 1. The normalized spacial score (nSPS) is 12.0. The van der Waals surface area contributed by atoms with Gasteiger partial charge in [0.25, 0.3) is 5.91 Å². The summed E-state index contributed by atoms with van der Waals surface area (Å²) in [5, 5.41) is 5.73. The predicted octanol–water partition coefficient (Wildman–Crippen LogP) is 3.05. The van der Waals surface area contributed by atoms with E-state index in [1.165, 1.54) is 25.1 Å². The largest absolute Gasteiger partial charge is 0.349 e. The van der Waals surface area contributed by atoms with Gasteiger partial charge in [0.1, 0.15) is 6.04 Å². The van der Waals surface area contributed by atoms with Crippen LogP contribution in [0.15, 0.2) is 61.2 Å². The Morgan fingerprint density at radius 2 is 1.79 bits per heavy atom. The van der Waals surface area contributed by atoms with E-state index in [1.54, 1.807) is 36.4 Å². The van der Waals surface area contributed by atoms with E-state index in [4.69, 9.17) is 11.6 Å². The first-order chi connectivity index (χ1) is 13.6. The Morgan fingerprint density at radius 1 is 1.17 bits per heavy atom. The Balaban J connectivity index is 2.30. The van der Waals surface area contributed by atoms with Crippen molar-refractivity contribution in [1.82, 2.24) is 5.32 Å². The highest BCUT2D eigenvalue weighted by Gasteiger charge is 2.29. The molecule has 0 aromatic heterocycles. The molecule has 0 radical (unpaired) electrons. The van der Waals surface area contributed by atoms with Gasteiger partial charge in [-0.3, -0.25) is 13.9 Å². The molecule has 0 aliphatic rings. The molecule has 0 bridgehead atoms. The molecule has 154 valence electrons. The third kappa shape index (κ3) is 5.82. The highest BCUT2D eigenvalue weighted by atomic mass is 35.5. The Morgan fingerprint density at radius 3 is 2.38 bits per heavy atom. The number of nitrogens with one attached hydrogen (secondary N) is 2. The van der Waals surface area contributed by atoms with Crippen LogP contribution in [0.5, 0.6) is 0 Å². The lowest BCUT2D eigenvalue weighted by atomic mass is 10.1. The second-order valence-electron chi connectivity index (χ2n) is 6.24. The lowest BCUT2D eigenvalue weighted by Crippen LogP contribution is -2.45. The average Bonchev–Trinajstić information content (AvgIpc) is 2.67. The molecule has 2 aromatic rings. The summed E-state index contributed by atoms with van der Waals surface area (Å²) in [6, 6.07) is 11.5. The van der Waals surface area contributed by atoms with E-state index in [0.29, 0.717) is 10.7 Å². The molecule has 0 aliphatic heterocycles. The van der Waals surface area contributed by atoms with Crippen LogP contribution < -0.4 is 14.9 Å². The van der Waals surface area contributed by atoms with Gasteiger partial charge in [0.05, 0.1) is 23.2 Å². The summed E-state index contributed by atoms with van der Waals surface area (Å²) in [6.07, 6.45) is 2.55. The van der Waals surface area contributed by atoms with Gasteiger partial charge in [0, 0.05) is 11.6 Å². The van der Waals surface area contributed by atoms with Crippen molar-refractivity contribution in [3.05, 3.63) is 71.8 Å². The highest BCUT2D eigenvalue weighted by molar-refractivity contribution is 7.92. The summed E-state index contributed by atoms with van der Waals surface area (Å²) in [4.78, 5) is 25.1. The molecule has 9 heteroatoms. The Labute approximate surface area is 175 Å². The third-order valence-corrected chi connectivity index (χ3v) is 5.50. The maximum Gasteiger partial charge on any atom is 0.253 e. The van der Waals surface area contributed by atoms with Crippen LogP contribution in [0.4, 0.5) is 11.4 Å². The molecule has 29 heavy (non-hydrogen) atoms. The van der Waals surface area contributed by atoms with Gasteiger partial charge in [-0.05, 0) is 43.3 Å². The molecule has 7 nitrogen and oxygen atoms in total. The van der Waals surface area contributed by atoms with Crippen LogP contribution in [0, 0.1) is 0 Å². The van der Waals surface area contributed by atoms with Crippen molar-refractivity contribution in [2.45, 2.75) is 13.0 Å². The Bertz CT molecular complexity index is 1010. The number of para-hydroxylation sites is 1. The van der Waals surface area contributed by atoms with E-state index in [-0.39, 0.29) is 23.7 Å². The molecule has 1 atom stereocenters. The van der Waals surface area contributed by atoms with E-state index >= 15 is 0 Å². The van der Waals surface area contributed by atoms with E-state index in [1.807, 2.05) is 0 Å². The van der Waals surface area contributed by atoms with Crippen LogP contribution in [-0.4, -0.2) is 39.1 Å². The number of hydrogen-bond acceptors (Lipinski definition) is 4. The van der Waals surface area contributed by atoms with Crippen LogP contribution >= 0.6 is 11.6 Å². The topological polar surface area (TPSA) is 95.6 Å². The SMILES string of the molecule is C=CCNC(=O)c1ccccc1NC(=O)[C@H](C)N(c1ccc(Cl)cc1)S(C)(=O)=O. The zero-order chi connectivity index (χ0) is 21.6. The van der Waals surface area contributed by atoms with E-state index < -0.39 is 22.0 Å². The van der Waals surface area contributed by atoms with Crippen LogP contribution in [0.1, 0.15) is 17.3 Å². The zero-order valence-electron chi connectivity index (χ0n) is 16.1.